The van der Waals surface area contributed by atoms with Crippen LogP contribution in [0.4, 0.5) is 0 Å². The molecule has 2 aromatic rings. The van der Waals surface area contributed by atoms with Crippen LogP contribution in [0.2, 0.25) is 0 Å². The predicted octanol–water partition coefficient (Wildman–Crippen LogP) is 11.1. The maximum Gasteiger partial charge on any atom is 0.159 e. The van der Waals surface area contributed by atoms with Crippen LogP contribution in [0.5, 0.6) is 0 Å². The molecule has 2 heteroatoms. The molecule has 0 N–H and O–H groups in total. The Labute approximate surface area is 224 Å². The zero-order valence-electron chi connectivity index (χ0n) is 23.9. The molecular weight excluding hydrogens is 436 g/mol. The summed E-state index contributed by atoms with van der Waals surface area (Å²) in [6, 6.07) is 8.93. The van der Waals surface area contributed by atoms with E-state index < -0.39 is 0 Å². The molecule has 36 heavy (non-hydrogen) atoms. The van der Waals surface area contributed by atoms with Gasteiger partial charge < -0.3 is 0 Å². The minimum absolute atomic E-state index is 0.854. The van der Waals surface area contributed by atoms with E-state index in [4.69, 9.17) is 0 Å². The first-order chi connectivity index (χ1) is 17.8. The highest BCUT2D eigenvalue weighted by atomic mass is 14.9. The van der Waals surface area contributed by atoms with Crippen LogP contribution in [0.3, 0.4) is 0 Å². The molecular formula is C34H56N2. The first-order valence-electron chi connectivity index (χ1n) is 15.7. The van der Waals surface area contributed by atoms with Gasteiger partial charge in [-0.1, -0.05) is 154 Å². The van der Waals surface area contributed by atoms with Gasteiger partial charge in [0.25, 0.3) is 0 Å². The number of benzene rings is 1. The Morgan fingerprint density at radius 3 is 1.19 bits per heavy atom. The highest BCUT2D eigenvalue weighted by Crippen LogP contribution is 2.18. The zero-order chi connectivity index (χ0) is 25.5. The van der Waals surface area contributed by atoms with Crippen LogP contribution < -0.4 is 0 Å². The van der Waals surface area contributed by atoms with E-state index in [1.165, 1.54) is 146 Å². The second-order valence-corrected chi connectivity index (χ2v) is 11.0. The number of nitrogens with zero attached hydrogens (tertiary/aromatic N) is 2. The molecule has 0 radical (unpaired) electrons. The van der Waals surface area contributed by atoms with Crippen molar-refractivity contribution in [1.82, 2.24) is 9.97 Å². The summed E-state index contributed by atoms with van der Waals surface area (Å²) in [7, 11) is 0. The van der Waals surface area contributed by atoms with Crippen LogP contribution in [0.1, 0.15) is 153 Å². The van der Waals surface area contributed by atoms with Crippen molar-refractivity contribution in [1.29, 1.82) is 0 Å². The van der Waals surface area contributed by atoms with Crippen LogP contribution in [0, 0.1) is 0 Å². The van der Waals surface area contributed by atoms with Gasteiger partial charge >= 0.3 is 0 Å². The van der Waals surface area contributed by atoms with Crippen molar-refractivity contribution in [3.8, 4) is 11.4 Å². The largest absolute Gasteiger partial charge is 0.236 e. The van der Waals surface area contributed by atoms with E-state index in [1.807, 2.05) is 12.4 Å². The number of hydrogen-bond acceptors (Lipinski definition) is 2. The lowest BCUT2D eigenvalue weighted by Crippen LogP contribution is -1.94. The standard InChI is InChI=1S/C34H56N2/c1-3-5-7-9-11-13-14-16-17-19-21-23-31-25-27-33(28-26-31)34-35-29-32(30-36-34)24-22-20-18-15-12-10-8-6-4-2/h25-30H,3-24H2,1-2H3. The van der Waals surface area contributed by atoms with Crippen LogP contribution in [-0.4, -0.2) is 9.97 Å². The zero-order valence-corrected chi connectivity index (χ0v) is 23.9. The molecule has 2 nitrogen and oxygen atoms in total. The normalized spacial score (nSPS) is 11.3. The van der Waals surface area contributed by atoms with Gasteiger partial charge in [-0.25, -0.2) is 9.97 Å². The lowest BCUT2D eigenvalue weighted by Gasteiger charge is -2.06. The number of aromatic nitrogens is 2. The van der Waals surface area contributed by atoms with Crippen molar-refractivity contribution in [2.75, 3.05) is 0 Å². The van der Waals surface area contributed by atoms with Gasteiger partial charge in [-0.3, -0.25) is 0 Å². The Morgan fingerprint density at radius 1 is 0.417 bits per heavy atom. The lowest BCUT2D eigenvalue weighted by atomic mass is 10.0. The average molecular weight is 493 g/mol. The molecule has 1 heterocycles. The SMILES string of the molecule is CCCCCCCCCCCCCc1ccc(-c2ncc(CCCCCCCCCCC)cn2)cc1. The summed E-state index contributed by atoms with van der Waals surface area (Å²) in [4.78, 5) is 9.31. The second kappa shape index (κ2) is 21.4. The Kier molecular flexibility index (Phi) is 18.1. The van der Waals surface area contributed by atoms with E-state index in [2.05, 4.69) is 48.1 Å². The number of hydrogen-bond donors (Lipinski definition) is 0. The fourth-order valence-corrected chi connectivity index (χ4v) is 5.09. The molecule has 0 amide bonds. The van der Waals surface area contributed by atoms with Gasteiger partial charge in [0.2, 0.25) is 0 Å². The van der Waals surface area contributed by atoms with Crippen LogP contribution in [0.25, 0.3) is 11.4 Å². The smallest absolute Gasteiger partial charge is 0.159 e. The fraction of sp³-hybridized carbons (Fsp3) is 0.706. The van der Waals surface area contributed by atoms with Crippen molar-refractivity contribution >= 4 is 0 Å². The van der Waals surface area contributed by atoms with Crippen molar-refractivity contribution in [3.63, 3.8) is 0 Å². The van der Waals surface area contributed by atoms with Crippen molar-refractivity contribution in [2.45, 2.75) is 155 Å². The average Bonchev–Trinajstić information content (AvgIpc) is 2.91. The van der Waals surface area contributed by atoms with E-state index in [0.717, 1.165) is 17.8 Å². The van der Waals surface area contributed by atoms with E-state index in [0.29, 0.717) is 0 Å². The molecule has 0 saturated heterocycles. The summed E-state index contributed by atoms with van der Waals surface area (Å²) >= 11 is 0. The summed E-state index contributed by atoms with van der Waals surface area (Å²) in [6.07, 6.45) is 34.1. The first kappa shape index (κ1) is 30.5. The molecule has 0 aliphatic heterocycles. The van der Waals surface area contributed by atoms with E-state index in [9.17, 15) is 0 Å². The summed E-state index contributed by atoms with van der Waals surface area (Å²) in [5.74, 6) is 0.854. The predicted molar refractivity (Wildman–Crippen MR) is 159 cm³/mol. The third-order valence-corrected chi connectivity index (χ3v) is 7.56. The van der Waals surface area contributed by atoms with Gasteiger partial charge in [-0.15, -0.1) is 0 Å². The highest BCUT2D eigenvalue weighted by Gasteiger charge is 2.03. The Bertz CT molecular complexity index is 735. The summed E-state index contributed by atoms with van der Waals surface area (Å²) in [5.41, 5.74) is 3.85. The van der Waals surface area contributed by atoms with Gasteiger partial charge in [-0.2, -0.15) is 0 Å². The van der Waals surface area contributed by atoms with Gasteiger partial charge in [0.1, 0.15) is 0 Å². The molecule has 1 aromatic heterocycles. The molecule has 0 aliphatic carbocycles. The third kappa shape index (κ3) is 14.8. The van der Waals surface area contributed by atoms with Crippen molar-refractivity contribution in [3.05, 3.63) is 47.8 Å². The molecule has 0 spiro atoms. The molecule has 202 valence electrons. The topological polar surface area (TPSA) is 25.8 Å². The number of rotatable bonds is 23. The minimum atomic E-state index is 0.854. The van der Waals surface area contributed by atoms with Crippen LogP contribution in [-0.2, 0) is 12.8 Å². The second-order valence-electron chi connectivity index (χ2n) is 11.0. The molecule has 0 unspecified atom stereocenters. The maximum absolute atomic E-state index is 4.66. The Hall–Kier alpha value is -1.70. The first-order valence-corrected chi connectivity index (χ1v) is 15.7. The highest BCUT2D eigenvalue weighted by molar-refractivity contribution is 5.55. The summed E-state index contributed by atoms with van der Waals surface area (Å²) in [5, 5.41) is 0. The summed E-state index contributed by atoms with van der Waals surface area (Å²) in [6.45, 7) is 4.58. The maximum atomic E-state index is 4.66. The molecule has 0 atom stereocenters. The summed E-state index contributed by atoms with van der Waals surface area (Å²) < 4.78 is 0. The Balaban J connectivity index is 1.53. The van der Waals surface area contributed by atoms with Gasteiger partial charge in [0, 0.05) is 18.0 Å². The fourth-order valence-electron chi connectivity index (χ4n) is 5.09. The molecule has 0 fully saturated rings. The van der Waals surface area contributed by atoms with E-state index in [-0.39, 0.29) is 0 Å². The molecule has 2 rings (SSSR count). The monoisotopic (exact) mass is 492 g/mol. The third-order valence-electron chi connectivity index (χ3n) is 7.56. The van der Waals surface area contributed by atoms with E-state index >= 15 is 0 Å². The van der Waals surface area contributed by atoms with Gasteiger partial charge in [0.15, 0.2) is 5.82 Å². The van der Waals surface area contributed by atoms with Crippen molar-refractivity contribution < 1.29 is 0 Å². The van der Waals surface area contributed by atoms with Crippen molar-refractivity contribution in [2.24, 2.45) is 0 Å². The molecule has 0 aliphatic rings. The molecule has 0 bridgehead atoms. The lowest BCUT2D eigenvalue weighted by molar-refractivity contribution is 0.549. The van der Waals surface area contributed by atoms with E-state index in [1.54, 1.807) is 0 Å². The molecule has 1 aromatic carbocycles. The number of unbranched alkanes of at least 4 members (excludes halogenated alkanes) is 18. The van der Waals surface area contributed by atoms with Gasteiger partial charge in [0.05, 0.1) is 0 Å². The molecule has 0 saturated carbocycles. The van der Waals surface area contributed by atoms with Gasteiger partial charge in [-0.05, 0) is 36.8 Å². The number of aryl methyl sites for hydroxylation is 2. The minimum Gasteiger partial charge on any atom is -0.236 e. The quantitative estimate of drug-likeness (QED) is 0.144. The Morgan fingerprint density at radius 2 is 0.778 bits per heavy atom. The van der Waals surface area contributed by atoms with Crippen LogP contribution in [0.15, 0.2) is 36.7 Å². The van der Waals surface area contributed by atoms with Crippen LogP contribution >= 0.6 is 0 Å².